The average Bonchev–Trinajstić information content (AvgIpc) is 2.28. The van der Waals surface area contributed by atoms with Crippen LogP contribution in [0.5, 0.6) is 0 Å². The van der Waals surface area contributed by atoms with E-state index in [2.05, 4.69) is 17.1 Å². The summed E-state index contributed by atoms with van der Waals surface area (Å²) < 4.78 is 4.69. The van der Waals surface area contributed by atoms with Gasteiger partial charge in [0.05, 0.1) is 7.11 Å². The quantitative estimate of drug-likeness (QED) is 0.697. The van der Waals surface area contributed by atoms with E-state index in [0.29, 0.717) is 6.04 Å². The third kappa shape index (κ3) is 3.80. The number of nitrogens with zero attached hydrogens (tertiary/aromatic N) is 1. The molecular formula is C11H22N2O2. The second-order valence-corrected chi connectivity index (χ2v) is 4.14. The van der Waals surface area contributed by atoms with Crippen molar-refractivity contribution >= 4 is 5.97 Å². The SMILES string of the molecule is CCN1CCCC(NC(C)C(=O)OC)C1. The van der Waals surface area contributed by atoms with Gasteiger partial charge in [-0.2, -0.15) is 0 Å². The molecule has 1 saturated heterocycles. The first kappa shape index (κ1) is 12.5. The minimum atomic E-state index is -0.197. The number of methoxy groups -OCH3 is 1. The van der Waals surface area contributed by atoms with E-state index in [1.807, 2.05) is 6.92 Å². The zero-order valence-corrected chi connectivity index (χ0v) is 9.95. The number of hydrogen-bond acceptors (Lipinski definition) is 4. The molecule has 0 aliphatic carbocycles. The summed E-state index contributed by atoms with van der Waals surface area (Å²) in [6.45, 7) is 7.34. The number of rotatable bonds is 4. The van der Waals surface area contributed by atoms with Crippen molar-refractivity contribution in [3.63, 3.8) is 0 Å². The first-order valence-electron chi connectivity index (χ1n) is 5.73. The number of piperidine rings is 1. The third-order valence-electron chi connectivity index (χ3n) is 2.99. The Morgan fingerprint density at radius 3 is 3.00 bits per heavy atom. The molecule has 1 aliphatic heterocycles. The second-order valence-electron chi connectivity index (χ2n) is 4.14. The number of likely N-dealkylation sites (tertiary alicyclic amines) is 1. The van der Waals surface area contributed by atoms with Crippen LogP contribution in [0.4, 0.5) is 0 Å². The molecule has 0 bridgehead atoms. The van der Waals surface area contributed by atoms with E-state index in [4.69, 9.17) is 4.74 Å². The average molecular weight is 214 g/mol. The fourth-order valence-electron chi connectivity index (χ4n) is 2.08. The van der Waals surface area contributed by atoms with Gasteiger partial charge < -0.3 is 15.0 Å². The minimum Gasteiger partial charge on any atom is -0.468 e. The van der Waals surface area contributed by atoms with Crippen LogP contribution in [0.1, 0.15) is 26.7 Å². The lowest BCUT2D eigenvalue weighted by Crippen LogP contribution is -2.50. The number of hydrogen-bond donors (Lipinski definition) is 1. The molecule has 0 aromatic rings. The predicted octanol–water partition coefficient (Wildman–Crippen LogP) is 0.622. The van der Waals surface area contributed by atoms with Crippen molar-refractivity contribution in [1.29, 1.82) is 0 Å². The van der Waals surface area contributed by atoms with Crippen LogP contribution >= 0.6 is 0 Å². The Kier molecular flexibility index (Phi) is 5.05. The van der Waals surface area contributed by atoms with Crippen molar-refractivity contribution in [3.8, 4) is 0 Å². The van der Waals surface area contributed by atoms with Crippen molar-refractivity contribution in [3.05, 3.63) is 0 Å². The van der Waals surface area contributed by atoms with E-state index in [9.17, 15) is 4.79 Å². The summed E-state index contributed by atoms with van der Waals surface area (Å²) in [4.78, 5) is 13.6. The van der Waals surface area contributed by atoms with E-state index < -0.39 is 0 Å². The summed E-state index contributed by atoms with van der Waals surface area (Å²) >= 11 is 0. The summed E-state index contributed by atoms with van der Waals surface area (Å²) in [6.07, 6.45) is 2.36. The van der Waals surface area contributed by atoms with Crippen molar-refractivity contribution in [2.24, 2.45) is 0 Å². The minimum absolute atomic E-state index is 0.177. The van der Waals surface area contributed by atoms with Crippen molar-refractivity contribution in [2.75, 3.05) is 26.7 Å². The maximum Gasteiger partial charge on any atom is 0.322 e. The highest BCUT2D eigenvalue weighted by atomic mass is 16.5. The summed E-state index contributed by atoms with van der Waals surface area (Å²) in [6, 6.07) is 0.226. The molecule has 15 heavy (non-hydrogen) atoms. The van der Waals surface area contributed by atoms with Gasteiger partial charge in [0.1, 0.15) is 6.04 Å². The van der Waals surface area contributed by atoms with Gasteiger partial charge >= 0.3 is 5.97 Å². The van der Waals surface area contributed by atoms with Crippen LogP contribution in [0, 0.1) is 0 Å². The van der Waals surface area contributed by atoms with Gasteiger partial charge in [0.25, 0.3) is 0 Å². The lowest BCUT2D eigenvalue weighted by atomic mass is 10.0. The zero-order chi connectivity index (χ0) is 11.3. The maximum absolute atomic E-state index is 11.2. The molecule has 1 rings (SSSR count). The summed E-state index contributed by atoms with van der Waals surface area (Å²) in [5.41, 5.74) is 0. The number of ether oxygens (including phenoxy) is 1. The molecule has 1 N–H and O–H groups in total. The number of esters is 1. The largest absolute Gasteiger partial charge is 0.468 e. The standard InChI is InChI=1S/C11H22N2O2/c1-4-13-7-5-6-10(8-13)12-9(2)11(14)15-3/h9-10,12H,4-8H2,1-3H3. The van der Waals surface area contributed by atoms with Gasteiger partial charge in [0.2, 0.25) is 0 Å². The normalized spacial score (nSPS) is 24.9. The number of carbonyl (C=O) groups excluding carboxylic acids is 1. The Labute approximate surface area is 92.0 Å². The number of carbonyl (C=O) groups is 1. The maximum atomic E-state index is 11.2. The Balaban J connectivity index is 2.34. The van der Waals surface area contributed by atoms with Crippen LogP contribution in [0.3, 0.4) is 0 Å². The molecule has 2 atom stereocenters. The summed E-state index contributed by atoms with van der Waals surface area (Å²) in [7, 11) is 1.43. The van der Waals surface area contributed by atoms with Gasteiger partial charge in [-0.25, -0.2) is 0 Å². The van der Waals surface area contributed by atoms with Crippen molar-refractivity contribution in [2.45, 2.75) is 38.8 Å². The van der Waals surface area contributed by atoms with E-state index in [1.54, 1.807) is 0 Å². The molecule has 4 nitrogen and oxygen atoms in total. The lowest BCUT2D eigenvalue weighted by Gasteiger charge is -2.33. The molecule has 0 amide bonds. The monoisotopic (exact) mass is 214 g/mol. The molecule has 0 spiro atoms. The fourth-order valence-corrected chi connectivity index (χ4v) is 2.08. The summed E-state index contributed by atoms with van der Waals surface area (Å²) in [5.74, 6) is -0.177. The van der Waals surface area contributed by atoms with Gasteiger partial charge in [0.15, 0.2) is 0 Å². The number of nitrogens with one attached hydrogen (secondary N) is 1. The first-order valence-corrected chi connectivity index (χ1v) is 5.73. The highest BCUT2D eigenvalue weighted by Crippen LogP contribution is 2.10. The van der Waals surface area contributed by atoms with Crippen molar-refractivity contribution < 1.29 is 9.53 Å². The van der Waals surface area contributed by atoms with Crippen LogP contribution in [-0.2, 0) is 9.53 Å². The fraction of sp³-hybridized carbons (Fsp3) is 0.909. The second kappa shape index (κ2) is 6.08. The van der Waals surface area contributed by atoms with Crippen LogP contribution < -0.4 is 5.32 Å². The molecule has 0 radical (unpaired) electrons. The highest BCUT2D eigenvalue weighted by molar-refractivity contribution is 5.75. The zero-order valence-electron chi connectivity index (χ0n) is 9.95. The summed E-state index contributed by atoms with van der Waals surface area (Å²) in [5, 5.41) is 3.32. The Morgan fingerprint density at radius 1 is 1.67 bits per heavy atom. The molecule has 1 fully saturated rings. The van der Waals surface area contributed by atoms with Gasteiger partial charge in [-0.1, -0.05) is 6.92 Å². The van der Waals surface area contributed by atoms with Crippen molar-refractivity contribution in [1.82, 2.24) is 10.2 Å². The first-order chi connectivity index (χ1) is 7.17. The lowest BCUT2D eigenvalue weighted by molar-refractivity contribution is -0.142. The Bertz CT molecular complexity index is 209. The van der Waals surface area contributed by atoms with E-state index in [-0.39, 0.29) is 12.0 Å². The molecule has 0 saturated carbocycles. The van der Waals surface area contributed by atoms with Crippen LogP contribution in [-0.4, -0.2) is 49.7 Å². The van der Waals surface area contributed by atoms with Crippen LogP contribution in [0.2, 0.25) is 0 Å². The van der Waals surface area contributed by atoms with E-state index >= 15 is 0 Å². The van der Waals surface area contributed by atoms with Crippen LogP contribution in [0.15, 0.2) is 0 Å². The highest BCUT2D eigenvalue weighted by Gasteiger charge is 2.22. The third-order valence-corrected chi connectivity index (χ3v) is 2.99. The van der Waals surface area contributed by atoms with E-state index in [1.165, 1.54) is 20.1 Å². The molecule has 4 heteroatoms. The van der Waals surface area contributed by atoms with Gasteiger partial charge in [-0.3, -0.25) is 4.79 Å². The van der Waals surface area contributed by atoms with Gasteiger partial charge in [-0.05, 0) is 32.9 Å². The van der Waals surface area contributed by atoms with Crippen LogP contribution in [0.25, 0.3) is 0 Å². The molecular weight excluding hydrogens is 192 g/mol. The molecule has 0 aromatic heterocycles. The molecule has 2 unspecified atom stereocenters. The van der Waals surface area contributed by atoms with Gasteiger partial charge in [0, 0.05) is 12.6 Å². The molecule has 1 heterocycles. The molecule has 0 aromatic carbocycles. The number of likely N-dealkylation sites (N-methyl/N-ethyl adjacent to an activating group) is 1. The molecule has 88 valence electrons. The van der Waals surface area contributed by atoms with Gasteiger partial charge in [-0.15, -0.1) is 0 Å². The van der Waals surface area contributed by atoms with E-state index in [0.717, 1.165) is 19.5 Å². The predicted molar refractivity (Wildman–Crippen MR) is 59.7 cm³/mol. The molecule has 1 aliphatic rings. The Morgan fingerprint density at radius 2 is 2.40 bits per heavy atom. The Hall–Kier alpha value is -0.610. The topological polar surface area (TPSA) is 41.6 Å². The smallest absolute Gasteiger partial charge is 0.322 e.